The second-order valence-corrected chi connectivity index (χ2v) is 6.56. The van der Waals surface area contributed by atoms with Crippen molar-refractivity contribution >= 4 is 38.9 Å². The average molecular weight is 335 g/mol. The molecular weight excluding hydrogens is 323 g/mol. The fraction of sp³-hybridized carbons (Fsp3) is 0.167. The number of halogens is 2. The van der Waals surface area contributed by atoms with Gasteiger partial charge in [-0.2, -0.15) is 0 Å². The first-order chi connectivity index (χ1) is 9.33. The van der Waals surface area contributed by atoms with Crippen molar-refractivity contribution in [3.05, 3.63) is 45.8 Å². The molecule has 0 atom stereocenters. The Balaban J connectivity index is 2.40. The highest BCUT2D eigenvalue weighted by molar-refractivity contribution is 7.92. The van der Waals surface area contributed by atoms with Crippen LogP contribution in [0.25, 0.3) is 0 Å². The number of aryl methyl sites for hydroxylation is 1. The van der Waals surface area contributed by atoms with Crippen LogP contribution in [0.3, 0.4) is 0 Å². The van der Waals surface area contributed by atoms with Gasteiger partial charge in [-0.25, -0.2) is 8.42 Å². The van der Waals surface area contributed by atoms with Crippen molar-refractivity contribution in [2.75, 3.05) is 4.72 Å². The van der Waals surface area contributed by atoms with E-state index in [2.05, 4.69) is 4.72 Å². The summed E-state index contributed by atoms with van der Waals surface area (Å²) in [5, 5.41) is 0.622. The largest absolute Gasteiger partial charge is 0.464 e. The van der Waals surface area contributed by atoms with E-state index < -0.39 is 10.0 Å². The van der Waals surface area contributed by atoms with Gasteiger partial charge < -0.3 is 10.2 Å². The molecule has 0 bridgehead atoms. The van der Waals surface area contributed by atoms with E-state index in [0.29, 0.717) is 10.8 Å². The zero-order valence-corrected chi connectivity index (χ0v) is 12.8. The molecule has 20 heavy (non-hydrogen) atoms. The standard InChI is InChI=1S/C12H12Cl2N2O3S/c1-7-12(5-9(6-15)19-7)20(17,18)16-11-4-8(13)2-3-10(11)14/h2-5,16H,6,15H2,1H3. The molecule has 0 amide bonds. The molecule has 0 aliphatic rings. The van der Waals surface area contributed by atoms with Gasteiger partial charge in [0.25, 0.3) is 10.0 Å². The summed E-state index contributed by atoms with van der Waals surface area (Å²) in [6, 6.07) is 5.89. The van der Waals surface area contributed by atoms with Crippen molar-refractivity contribution in [3.63, 3.8) is 0 Å². The first-order valence-electron chi connectivity index (χ1n) is 5.60. The normalized spacial score (nSPS) is 11.6. The minimum Gasteiger partial charge on any atom is -0.464 e. The SMILES string of the molecule is Cc1oc(CN)cc1S(=O)(=O)Nc1cc(Cl)ccc1Cl. The van der Waals surface area contributed by atoms with Gasteiger partial charge in [0.2, 0.25) is 0 Å². The summed E-state index contributed by atoms with van der Waals surface area (Å²) in [6.07, 6.45) is 0. The summed E-state index contributed by atoms with van der Waals surface area (Å²) in [5.74, 6) is 0.649. The van der Waals surface area contributed by atoms with Crippen molar-refractivity contribution < 1.29 is 12.8 Å². The Morgan fingerprint density at radius 1 is 1.30 bits per heavy atom. The molecule has 0 unspecified atom stereocenters. The lowest BCUT2D eigenvalue weighted by molar-refractivity contribution is 0.479. The van der Waals surface area contributed by atoms with Crippen LogP contribution in [0.2, 0.25) is 10.0 Å². The van der Waals surface area contributed by atoms with Crippen LogP contribution in [0.15, 0.2) is 33.6 Å². The van der Waals surface area contributed by atoms with E-state index in [1.54, 1.807) is 13.0 Å². The number of nitrogens with one attached hydrogen (secondary N) is 1. The zero-order chi connectivity index (χ0) is 14.9. The summed E-state index contributed by atoms with van der Waals surface area (Å²) >= 11 is 11.8. The highest BCUT2D eigenvalue weighted by Crippen LogP contribution is 2.29. The van der Waals surface area contributed by atoms with E-state index >= 15 is 0 Å². The van der Waals surface area contributed by atoms with Crippen molar-refractivity contribution in [2.45, 2.75) is 18.4 Å². The maximum Gasteiger partial charge on any atom is 0.265 e. The van der Waals surface area contributed by atoms with E-state index in [-0.39, 0.29) is 27.9 Å². The molecule has 108 valence electrons. The Labute approximate surface area is 126 Å². The van der Waals surface area contributed by atoms with Gasteiger partial charge in [-0.3, -0.25) is 4.72 Å². The van der Waals surface area contributed by atoms with Gasteiger partial charge >= 0.3 is 0 Å². The molecule has 0 aliphatic heterocycles. The second-order valence-electron chi connectivity index (χ2n) is 4.07. The number of furan rings is 1. The van der Waals surface area contributed by atoms with E-state index in [9.17, 15) is 8.42 Å². The topological polar surface area (TPSA) is 85.3 Å². The molecule has 0 saturated heterocycles. The third-order valence-corrected chi connectivity index (χ3v) is 4.62. The lowest BCUT2D eigenvalue weighted by Crippen LogP contribution is -2.13. The van der Waals surface area contributed by atoms with Gasteiger partial charge in [0.15, 0.2) is 0 Å². The zero-order valence-electron chi connectivity index (χ0n) is 10.5. The molecule has 0 radical (unpaired) electrons. The number of hydrogen-bond acceptors (Lipinski definition) is 4. The average Bonchev–Trinajstić information content (AvgIpc) is 2.76. The molecule has 0 fully saturated rings. The Morgan fingerprint density at radius 3 is 2.60 bits per heavy atom. The van der Waals surface area contributed by atoms with Gasteiger partial charge in [0, 0.05) is 11.1 Å². The van der Waals surface area contributed by atoms with Crippen molar-refractivity contribution in [2.24, 2.45) is 5.73 Å². The Bertz CT molecular complexity index is 741. The summed E-state index contributed by atoms with van der Waals surface area (Å²) in [6.45, 7) is 1.67. The van der Waals surface area contributed by atoms with Crippen LogP contribution in [0.5, 0.6) is 0 Å². The van der Waals surface area contributed by atoms with Crippen molar-refractivity contribution in [1.82, 2.24) is 0 Å². The van der Waals surface area contributed by atoms with E-state index in [1.165, 1.54) is 18.2 Å². The highest BCUT2D eigenvalue weighted by atomic mass is 35.5. The maximum absolute atomic E-state index is 12.3. The third kappa shape index (κ3) is 3.09. The molecule has 3 N–H and O–H groups in total. The smallest absolute Gasteiger partial charge is 0.265 e. The molecule has 5 nitrogen and oxygen atoms in total. The van der Waals surface area contributed by atoms with Crippen LogP contribution in [-0.2, 0) is 16.6 Å². The van der Waals surface area contributed by atoms with Crippen LogP contribution in [0.4, 0.5) is 5.69 Å². The number of nitrogens with two attached hydrogens (primary N) is 1. The lowest BCUT2D eigenvalue weighted by atomic mass is 10.3. The quantitative estimate of drug-likeness (QED) is 0.899. The van der Waals surface area contributed by atoms with Gasteiger partial charge in [-0.1, -0.05) is 23.2 Å². The molecule has 1 heterocycles. The molecular formula is C12H12Cl2N2O3S. The number of hydrogen-bond donors (Lipinski definition) is 2. The van der Waals surface area contributed by atoms with Crippen molar-refractivity contribution in [3.8, 4) is 0 Å². The monoisotopic (exact) mass is 334 g/mol. The Kier molecular flexibility index (Phi) is 4.29. The van der Waals surface area contributed by atoms with Gasteiger partial charge in [0.05, 0.1) is 17.3 Å². The minimum atomic E-state index is -3.81. The number of anilines is 1. The lowest BCUT2D eigenvalue weighted by Gasteiger charge is -2.09. The van der Waals surface area contributed by atoms with Crippen molar-refractivity contribution in [1.29, 1.82) is 0 Å². The molecule has 2 rings (SSSR count). The number of benzene rings is 1. The molecule has 0 aliphatic carbocycles. The van der Waals surface area contributed by atoms with E-state index in [0.717, 1.165) is 0 Å². The molecule has 1 aromatic heterocycles. The highest BCUT2D eigenvalue weighted by Gasteiger charge is 2.22. The van der Waals surface area contributed by atoms with Gasteiger partial charge in [-0.05, 0) is 25.1 Å². The molecule has 2 aromatic rings. The Hall–Kier alpha value is -1.21. The maximum atomic E-state index is 12.3. The summed E-state index contributed by atoms with van der Waals surface area (Å²) in [7, 11) is -3.81. The molecule has 0 spiro atoms. The number of rotatable bonds is 4. The first kappa shape index (κ1) is 15.2. The molecule has 8 heteroatoms. The van der Waals surface area contributed by atoms with Gasteiger partial charge in [0.1, 0.15) is 16.4 Å². The molecule has 0 saturated carbocycles. The van der Waals surface area contributed by atoms with E-state index in [4.69, 9.17) is 33.4 Å². The Morgan fingerprint density at radius 2 is 2.00 bits per heavy atom. The van der Waals surface area contributed by atoms with Crippen LogP contribution < -0.4 is 10.5 Å². The van der Waals surface area contributed by atoms with Crippen LogP contribution in [0.1, 0.15) is 11.5 Å². The first-order valence-corrected chi connectivity index (χ1v) is 7.84. The summed E-state index contributed by atoms with van der Waals surface area (Å²) in [4.78, 5) is 0.0222. The van der Waals surface area contributed by atoms with Gasteiger partial charge in [-0.15, -0.1) is 0 Å². The summed E-state index contributed by atoms with van der Waals surface area (Å²) in [5.41, 5.74) is 5.63. The predicted molar refractivity (Wildman–Crippen MR) is 78.6 cm³/mol. The fourth-order valence-corrected chi connectivity index (χ4v) is 3.34. The van der Waals surface area contributed by atoms with Crippen LogP contribution in [-0.4, -0.2) is 8.42 Å². The van der Waals surface area contributed by atoms with Crippen LogP contribution >= 0.6 is 23.2 Å². The minimum absolute atomic E-state index is 0.0222. The third-order valence-electron chi connectivity index (χ3n) is 2.59. The van der Waals surface area contributed by atoms with Crippen LogP contribution in [0, 0.1) is 6.92 Å². The van der Waals surface area contributed by atoms with E-state index in [1.807, 2.05) is 0 Å². The number of sulfonamides is 1. The predicted octanol–water partition coefficient (Wildman–Crippen LogP) is 3.15. The second kappa shape index (κ2) is 5.65. The summed E-state index contributed by atoms with van der Waals surface area (Å²) < 4.78 is 32.2. The molecule has 1 aromatic carbocycles. The fourth-order valence-electron chi connectivity index (χ4n) is 1.67.